The molecular weight excluding hydrogens is 291 g/mol. The number of nitrogen functional groups attached to an aromatic ring is 1. The van der Waals surface area contributed by atoms with Crippen LogP contribution in [0.5, 0.6) is 5.75 Å². The van der Waals surface area contributed by atoms with Crippen LogP contribution in [0.1, 0.15) is 10.4 Å². The predicted octanol–water partition coefficient (Wildman–Crippen LogP) is 1.14. The number of carbonyl (C=O) groups is 1. The Hall–Kier alpha value is -2.00. The number of alkyl halides is 3. The van der Waals surface area contributed by atoms with Gasteiger partial charge in [0.1, 0.15) is 0 Å². The molecule has 1 fully saturated rings. The van der Waals surface area contributed by atoms with E-state index in [0.29, 0.717) is 26.3 Å². The van der Waals surface area contributed by atoms with Crippen molar-refractivity contribution in [3.8, 4) is 5.75 Å². The number of hydrazine groups is 1. The summed E-state index contributed by atoms with van der Waals surface area (Å²) >= 11 is 0. The fourth-order valence-electron chi connectivity index (χ4n) is 1.79. The van der Waals surface area contributed by atoms with Crippen molar-refractivity contribution in [2.24, 2.45) is 0 Å². The number of rotatable bonds is 3. The van der Waals surface area contributed by atoms with E-state index in [0.717, 1.165) is 12.1 Å². The molecule has 0 aliphatic carbocycles. The lowest BCUT2D eigenvalue weighted by atomic mass is 10.2. The molecule has 0 unspecified atom stereocenters. The van der Waals surface area contributed by atoms with E-state index in [9.17, 15) is 18.0 Å². The minimum absolute atomic E-state index is 0.147. The van der Waals surface area contributed by atoms with E-state index in [1.165, 1.54) is 6.07 Å². The maximum absolute atomic E-state index is 12.1. The van der Waals surface area contributed by atoms with Crippen molar-refractivity contribution in [1.29, 1.82) is 0 Å². The minimum atomic E-state index is -4.83. The molecule has 116 valence electrons. The summed E-state index contributed by atoms with van der Waals surface area (Å²) in [6.07, 6.45) is -4.83. The van der Waals surface area contributed by atoms with Gasteiger partial charge in [0, 0.05) is 18.7 Å². The second kappa shape index (κ2) is 6.19. The minimum Gasteiger partial charge on any atom is -0.404 e. The van der Waals surface area contributed by atoms with E-state index in [-0.39, 0.29) is 11.3 Å². The van der Waals surface area contributed by atoms with E-state index < -0.39 is 18.0 Å². The number of amides is 1. The number of hydrogen-bond acceptors (Lipinski definition) is 5. The van der Waals surface area contributed by atoms with Gasteiger partial charge >= 0.3 is 6.36 Å². The van der Waals surface area contributed by atoms with Gasteiger partial charge in [-0.1, -0.05) is 0 Å². The molecule has 2 rings (SSSR count). The van der Waals surface area contributed by atoms with Crippen LogP contribution in [0.15, 0.2) is 18.2 Å². The fraction of sp³-hybridized carbons (Fsp3) is 0.417. The average Bonchev–Trinajstić information content (AvgIpc) is 2.40. The summed E-state index contributed by atoms with van der Waals surface area (Å²) in [5.41, 5.74) is 7.97. The van der Waals surface area contributed by atoms with Gasteiger partial charge in [0.15, 0.2) is 5.75 Å². The Morgan fingerprint density at radius 1 is 1.33 bits per heavy atom. The van der Waals surface area contributed by atoms with Crippen molar-refractivity contribution in [1.82, 2.24) is 10.4 Å². The summed E-state index contributed by atoms with van der Waals surface area (Å²) in [5.74, 6) is -0.993. The van der Waals surface area contributed by atoms with Crippen LogP contribution < -0.4 is 15.9 Å². The second-order valence-electron chi connectivity index (χ2n) is 4.34. The van der Waals surface area contributed by atoms with E-state index in [2.05, 4.69) is 10.2 Å². The van der Waals surface area contributed by atoms with Crippen LogP contribution in [0.3, 0.4) is 0 Å². The number of nitrogens with two attached hydrogens (primary N) is 1. The summed E-state index contributed by atoms with van der Waals surface area (Å²) in [6, 6.07) is 3.36. The first kappa shape index (κ1) is 15.4. The Morgan fingerprint density at radius 2 is 2.00 bits per heavy atom. The highest BCUT2D eigenvalue weighted by molar-refractivity contribution is 5.95. The number of benzene rings is 1. The molecule has 1 amide bonds. The highest BCUT2D eigenvalue weighted by Gasteiger charge is 2.32. The topological polar surface area (TPSA) is 76.8 Å². The normalized spacial score (nSPS) is 16.5. The molecule has 9 heteroatoms. The first-order chi connectivity index (χ1) is 9.85. The van der Waals surface area contributed by atoms with E-state index in [4.69, 9.17) is 10.5 Å². The van der Waals surface area contributed by atoms with Crippen LogP contribution in [0.2, 0.25) is 0 Å². The molecule has 1 aromatic carbocycles. The summed E-state index contributed by atoms with van der Waals surface area (Å²) in [7, 11) is 0. The van der Waals surface area contributed by atoms with Crippen LogP contribution in [0.25, 0.3) is 0 Å². The third kappa shape index (κ3) is 4.50. The first-order valence-corrected chi connectivity index (χ1v) is 6.14. The average molecular weight is 305 g/mol. The van der Waals surface area contributed by atoms with E-state index in [1.807, 2.05) is 0 Å². The molecule has 3 N–H and O–H groups in total. The number of nitrogens with one attached hydrogen (secondary N) is 1. The molecule has 0 saturated carbocycles. The summed E-state index contributed by atoms with van der Waals surface area (Å²) in [6.45, 7) is 2.08. The number of carbonyl (C=O) groups excluding carboxylic acids is 1. The largest absolute Gasteiger partial charge is 0.573 e. The Balaban J connectivity index is 2.03. The monoisotopic (exact) mass is 305 g/mol. The van der Waals surface area contributed by atoms with Gasteiger partial charge < -0.3 is 15.2 Å². The van der Waals surface area contributed by atoms with Gasteiger partial charge in [0.2, 0.25) is 0 Å². The van der Waals surface area contributed by atoms with Crippen molar-refractivity contribution < 1.29 is 27.4 Å². The highest BCUT2D eigenvalue weighted by atomic mass is 19.4. The van der Waals surface area contributed by atoms with Crippen LogP contribution >= 0.6 is 0 Å². The van der Waals surface area contributed by atoms with Gasteiger partial charge in [0.25, 0.3) is 5.91 Å². The second-order valence-corrected chi connectivity index (χ2v) is 4.34. The maximum Gasteiger partial charge on any atom is 0.573 e. The van der Waals surface area contributed by atoms with Crippen molar-refractivity contribution in [3.63, 3.8) is 0 Å². The van der Waals surface area contributed by atoms with Crippen molar-refractivity contribution in [2.45, 2.75) is 6.36 Å². The molecule has 0 bridgehead atoms. The Labute approximate surface area is 118 Å². The molecule has 6 nitrogen and oxygen atoms in total. The van der Waals surface area contributed by atoms with E-state index >= 15 is 0 Å². The predicted molar refractivity (Wildman–Crippen MR) is 67.4 cm³/mol. The Kier molecular flexibility index (Phi) is 4.53. The smallest absolute Gasteiger partial charge is 0.404 e. The third-order valence-electron chi connectivity index (χ3n) is 2.77. The van der Waals surface area contributed by atoms with Crippen LogP contribution in [-0.2, 0) is 4.74 Å². The fourth-order valence-corrected chi connectivity index (χ4v) is 1.79. The molecule has 0 radical (unpaired) electrons. The van der Waals surface area contributed by atoms with Gasteiger partial charge in [0.05, 0.1) is 18.9 Å². The van der Waals surface area contributed by atoms with Crippen LogP contribution in [-0.4, -0.2) is 43.6 Å². The molecular formula is C12H14F3N3O3. The number of hydrogen-bond donors (Lipinski definition) is 2. The molecule has 1 aliphatic heterocycles. The molecule has 21 heavy (non-hydrogen) atoms. The number of halogens is 3. The SMILES string of the molecule is Nc1cc(C(=O)NN2CCOCC2)ccc1OC(F)(F)F. The van der Waals surface area contributed by atoms with Crippen LogP contribution in [0, 0.1) is 0 Å². The highest BCUT2D eigenvalue weighted by Crippen LogP contribution is 2.28. The molecule has 0 spiro atoms. The Bertz CT molecular complexity index is 516. The number of anilines is 1. The molecule has 1 aromatic rings. The van der Waals surface area contributed by atoms with Gasteiger partial charge in [-0.2, -0.15) is 0 Å². The van der Waals surface area contributed by atoms with Crippen molar-refractivity contribution in [3.05, 3.63) is 23.8 Å². The lowest BCUT2D eigenvalue weighted by Crippen LogP contribution is -2.48. The number of morpholine rings is 1. The van der Waals surface area contributed by atoms with E-state index in [1.54, 1.807) is 5.01 Å². The molecule has 0 aromatic heterocycles. The van der Waals surface area contributed by atoms with Crippen molar-refractivity contribution >= 4 is 11.6 Å². The lowest BCUT2D eigenvalue weighted by molar-refractivity contribution is -0.274. The van der Waals surface area contributed by atoms with Gasteiger partial charge in [-0.25, -0.2) is 5.01 Å². The zero-order valence-electron chi connectivity index (χ0n) is 10.9. The zero-order chi connectivity index (χ0) is 15.5. The maximum atomic E-state index is 12.1. The summed E-state index contributed by atoms with van der Waals surface area (Å²) in [4.78, 5) is 11.9. The van der Waals surface area contributed by atoms with Gasteiger partial charge in [-0.3, -0.25) is 10.2 Å². The van der Waals surface area contributed by atoms with Crippen LogP contribution in [0.4, 0.5) is 18.9 Å². The lowest BCUT2D eigenvalue weighted by Gasteiger charge is -2.27. The Morgan fingerprint density at radius 3 is 2.57 bits per heavy atom. The molecule has 0 atom stereocenters. The van der Waals surface area contributed by atoms with Gasteiger partial charge in [-0.05, 0) is 18.2 Å². The molecule has 1 aliphatic rings. The first-order valence-electron chi connectivity index (χ1n) is 6.14. The molecule has 1 heterocycles. The van der Waals surface area contributed by atoms with Crippen molar-refractivity contribution in [2.75, 3.05) is 32.0 Å². The zero-order valence-corrected chi connectivity index (χ0v) is 10.9. The van der Waals surface area contributed by atoms with Gasteiger partial charge in [-0.15, -0.1) is 13.2 Å². The number of nitrogens with zero attached hydrogens (tertiary/aromatic N) is 1. The summed E-state index contributed by atoms with van der Waals surface area (Å²) in [5, 5.41) is 1.67. The number of ether oxygens (including phenoxy) is 2. The standard InChI is InChI=1S/C12H14F3N3O3/c13-12(14,15)21-10-2-1-8(7-9(10)16)11(19)17-18-3-5-20-6-4-18/h1-2,7H,3-6,16H2,(H,17,19). The molecule has 1 saturated heterocycles. The summed E-state index contributed by atoms with van der Waals surface area (Å²) < 4.78 is 45.2. The quantitative estimate of drug-likeness (QED) is 0.819. The third-order valence-corrected chi connectivity index (χ3v) is 2.77.